The van der Waals surface area contributed by atoms with Crippen molar-refractivity contribution in [3.63, 3.8) is 0 Å². The summed E-state index contributed by atoms with van der Waals surface area (Å²) in [4.78, 5) is 12.6. The first kappa shape index (κ1) is 13.5. The zero-order chi connectivity index (χ0) is 14.8. The van der Waals surface area contributed by atoms with Crippen LogP contribution in [0.25, 0.3) is 10.9 Å². The van der Waals surface area contributed by atoms with Crippen LogP contribution in [0, 0.1) is 6.92 Å². The number of ether oxygens (including phenoxy) is 1. The summed E-state index contributed by atoms with van der Waals surface area (Å²) in [6, 6.07) is 8.94. The molecule has 0 unspecified atom stereocenters. The summed E-state index contributed by atoms with van der Waals surface area (Å²) in [5.74, 6) is 6.56. The van der Waals surface area contributed by atoms with Crippen molar-refractivity contribution < 1.29 is 4.74 Å². The van der Waals surface area contributed by atoms with E-state index >= 15 is 0 Å². The van der Waals surface area contributed by atoms with Crippen molar-refractivity contribution >= 4 is 28.5 Å². The van der Waals surface area contributed by atoms with Crippen molar-refractivity contribution in [2.24, 2.45) is 5.84 Å². The first-order valence-electron chi connectivity index (χ1n) is 6.21. The van der Waals surface area contributed by atoms with Gasteiger partial charge in [-0.3, -0.25) is 10.4 Å². The van der Waals surface area contributed by atoms with Gasteiger partial charge in [-0.05, 0) is 31.2 Å². The number of nitrogens with zero attached hydrogens (tertiary/aromatic N) is 3. The fraction of sp³-hybridized carbons (Fsp3) is 0.0714. The molecule has 2 heterocycles. The van der Waals surface area contributed by atoms with Crippen molar-refractivity contribution in [1.82, 2.24) is 15.0 Å². The summed E-state index contributed by atoms with van der Waals surface area (Å²) in [5, 5.41) is 1.44. The van der Waals surface area contributed by atoms with Crippen LogP contribution in [-0.2, 0) is 0 Å². The minimum atomic E-state index is 0.288. The van der Waals surface area contributed by atoms with Gasteiger partial charge in [0, 0.05) is 23.3 Å². The van der Waals surface area contributed by atoms with Crippen LogP contribution in [0.4, 0.5) is 5.95 Å². The Hall–Kier alpha value is -2.44. The fourth-order valence-electron chi connectivity index (χ4n) is 1.96. The average Bonchev–Trinajstić information content (AvgIpc) is 2.50. The molecule has 0 fully saturated rings. The molecule has 0 radical (unpaired) electrons. The van der Waals surface area contributed by atoms with Gasteiger partial charge in [0.05, 0.1) is 5.02 Å². The maximum atomic E-state index is 6.16. The van der Waals surface area contributed by atoms with Crippen molar-refractivity contribution in [1.29, 1.82) is 0 Å². The van der Waals surface area contributed by atoms with Gasteiger partial charge in [0.25, 0.3) is 0 Å². The SMILES string of the molecule is Cc1cc(Oc2ccc(Cl)c3cccnc23)nc(NN)n1. The van der Waals surface area contributed by atoms with Crippen LogP contribution >= 0.6 is 11.6 Å². The number of nitrogens with two attached hydrogens (primary N) is 1. The second-order valence-electron chi connectivity index (χ2n) is 4.36. The van der Waals surface area contributed by atoms with Gasteiger partial charge in [0.1, 0.15) is 5.52 Å². The van der Waals surface area contributed by atoms with Gasteiger partial charge in [-0.1, -0.05) is 11.6 Å². The van der Waals surface area contributed by atoms with E-state index < -0.39 is 0 Å². The third-order valence-corrected chi connectivity index (χ3v) is 3.18. The zero-order valence-electron chi connectivity index (χ0n) is 11.2. The number of halogens is 1. The van der Waals surface area contributed by atoms with Crippen LogP contribution in [-0.4, -0.2) is 15.0 Å². The minimum Gasteiger partial charge on any atom is -0.437 e. The molecule has 0 aliphatic heterocycles. The number of hydrazine groups is 1. The van der Waals surface area contributed by atoms with E-state index in [-0.39, 0.29) is 5.95 Å². The Morgan fingerprint density at radius 2 is 2.10 bits per heavy atom. The summed E-state index contributed by atoms with van der Waals surface area (Å²) in [6.45, 7) is 1.83. The number of rotatable bonds is 3. The molecule has 7 heteroatoms. The predicted octanol–water partition coefficient (Wildman–Crippen LogP) is 3.06. The Bertz CT molecular complexity index is 808. The first-order valence-corrected chi connectivity index (χ1v) is 6.58. The van der Waals surface area contributed by atoms with E-state index in [1.807, 2.05) is 19.1 Å². The van der Waals surface area contributed by atoms with E-state index in [4.69, 9.17) is 22.2 Å². The van der Waals surface area contributed by atoms with E-state index in [0.717, 1.165) is 11.1 Å². The summed E-state index contributed by atoms with van der Waals surface area (Å²) in [7, 11) is 0. The summed E-state index contributed by atoms with van der Waals surface area (Å²) >= 11 is 6.16. The molecule has 2 aromatic heterocycles. The molecule has 0 spiro atoms. The van der Waals surface area contributed by atoms with Gasteiger partial charge >= 0.3 is 0 Å². The topological polar surface area (TPSA) is 86.0 Å². The third-order valence-electron chi connectivity index (χ3n) is 2.85. The van der Waals surface area contributed by atoms with Crippen LogP contribution in [0.2, 0.25) is 5.02 Å². The number of pyridine rings is 1. The standard InChI is InChI=1S/C14H12ClN5O/c1-8-7-12(19-14(18-8)20-16)21-11-5-4-10(15)9-3-2-6-17-13(9)11/h2-7H,16H2,1H3,(H,18,19,20). The molecule has 1 aromatic carbocycles. The molecular weight excluding hydrogens is 290 g/mol. The largest absolute Gasteiger partial charge is 0.437 e. The highest BCUT2D eigenvalue weighted by Gasteiger charge is 2.09. The van der Waals surface area contributed by atoms with Crippen LogP contribution in [0.3, 0.4) is 0 Å². The maximum Gasteiger partial charge on any atom is 0.240 e. The number of anilines is 1. The van der Waals surface area contributed by atoms with Gasteiger partial charge in [-0.25, -0.2) is 10.8 Å². The molecule has 0 saturated heterocycles. The Morgan fingerprint density at radius 3 is 2.90 bits per heavy atom. The highest BCUT2D eigenvalue weighted by Crippen LogP contribution is 2.32. The number of aryl methyl sites for hydroxylation is 1. The van der Waals surface area contributed by atoms with E-state index in [9.17, 15) is 0 Å². The Morgan fingerprint density at radius 1 is 1.24 bits per heavy atom. The Kier molecular flexibility index (Phi) is 3.55. The van der Waals surface area contributed by atoms with Crippen LogP contribution < -0.4 is 16.0 Å². The van der Waals surface area contributed by atoms with Gasteiger partial charge < -0.3 is 4.74 Å². The molecule has 0 bridgehead atoms. The lowest BCUT2D eigenvalue weighted by Crippen LogP contribution is -2.11. The summed E-state index contributed by atoms with van der Waals surface area (Å²) < 4.78 is 5.80. The van der Waals surface area contributed by atoms with E-state index in [1.165, 1.54) is 0 Å². The molecule has 0 aliphatic rings. The number of hydrogen-bond acceptors (Lipinski definition) is 6. The zero-order valence-corrected chi connectivity index (χ0v) is 11.9. The summed E-state index contributed by atoms with van der Waals surface area (Å²) in [6.07, 6.45) is 1.68. The van der Waals surface area contributed by atoms with Crippen LogP contribution in [0.5, 0.6) is 11.6 Å². The Labute approximate surface area is 125 Å². The second-order valence-corrected chi connectivity index (χ2v) is 4.77. The Balaban J connectivity index is 2.06. The van der Waals surface area contributed by atoms with Crippen molar-refractivity contribution in [3.05, 3.63) is 47.2 Å². The van der Waals surface area contributed by atoms with Gasteiger partial charge in [0.2, 0.25) is 11.8 Å². The molecule has 0 aliphatic carbocycles. The minimum absolute atomic E-state index is 0.288. The molecule has 0 saturated carbocycles. The van der Waals surface area contributed by atoms with Crippen molar-refractivity contribution in [2.45, 2.75) is 6.92 Å². The number of aromatic nitrogens is 3. The fourth-order valence-corrected chi connectivity index (χ4v) is 2.18. The lowest BCUT2D eigenvalue weighted by atomic mass is 10.2. The molecule has 6 nitrogen and oxygen atoms in total. The highest BCUT2D eigenvalue weighted by molar-refractivity contribution is 6.35. The van der Waals surface area contributed by atoms with E-state index in [1.54, 1.807) is 24.4 Å². The number of benzene rings is 1. The van der Waals surface area contributed by atoms with Crippen molar-refractivity contribution in [3.8, 4) is 11.6 Å². The predicted molar refractivity (Wildman–Crippen MR) is 81.4 cm³/mol. The summed E-state index contributed by atoms with van der Waals surface area (Å²) in [5.41, 5.74) is 3.81. The molecule has 0 atom stereocenters. The van der Waals surface area contributed by atoms with Crippen LogP contribution in [0.1, 0.15) is 5.69 Å². The molecule has 3 rings (SSSR count). The molecule has 21 heavy (non-hydrogen) atoms. The lowest BCUT2D eigenvalue weighted by Gasteiger charge is -2.09. The van der Waals surface area contributed by atoms with Crippen LogP contribution in [0.15, 0.2) is 36.5 Å². The molecule has 3 N–H and O–H groups in total. The lowest BCUT2D eigenvalue weighted by molar-refractivity contribution is 0.466. The molecular formula is C14H12ClN5O. The normalized spacial score (nSPS) is 10.6. The highest BCUT2D eigenvalue weighted by atomic mass is 35.5. The van der Waals surface area contributed by atoms with E-state index in [0.29, 0.717) is 22.2 Å². The molecule has 106 valence electrons. The monoisotopic (exact) mass is 301 g/mol. The first-order chi connectivity index (χ1) is 10.2. The van der Waals surface area contributed by atoms with Crippen molar-refractivity contribution in [2.75, 3.05) is 5.43 Å². The number of nitrogen functional groups attached to an aromatic ring is 1. The van der Waals surface area contributed by atoms with E-state index in [2.05, 4.69) is 20.4 Å². The van der Waals surface area contributed by atoms with Gasteiger partial charge in [-0.15, -0.1) is 0 Å². The number of fused-ring (bicyclic) bond motifs is 1. The van der Waals surface area contributed by atoms with Gasteiger partial charge in [0.15, 0.2) is 5.75 Å². The maximum absolute atomic E-state index is 6.16. The molecule has 3 aromatic rings. The third kappa shape index (κ3) is 2.72. The second kappa shape index (κ2) is 5.51. The number of hydrogen-bond donors (Lipinski definition) is 2. The van der Waals surface area contributed by atoms with Gasteiger partial charge in [-0.2, -0.15) is 4.98 Å². The molecule has 0 amide bonds. The quantitative estimate of drug-likeness (QED) is 0.571. The number of nitrogens with one attached hydrogen (secondary N) is 1. The smallest absolute Gasteiger partial charge is 0.240 e. The average molecular weight is 302 g/mol.